The summed E-state index contributed by atoms with van der Waals surface area (Å²) in [4.78, 5) is 29.1. The van der Waals surface area contributed by atoms with Gasteiger partial charge in [-0.1, -0.05) is 31.1 Å². The van der Waals surface area contributed by atoms with Crippen molar-refractivity contribution in [3.8, 4) is 0 Å². The second kappa shape index (κ2) is 7.38. The van der Waals surface area contributed by atoms with Crippen molar-refractivity contribution >= 4 is 23.0 Å². The maximum atomic E-state index is 13.5. The number of rotatable bonds is 5. The Morgan fingerprint density at radius 2 is 1.93 bits per heavy atom. The number of carbonyl (C=O) groups is 2. The van der Waals surface area contributed by atoms with E-state index in [0.29, 0.717) is 22.3 Å². The van der Waals surface area contributed by atoms with Gasteiger partial charge in [0.2, 0.25) is 0 Å². The Balaban J connectivity index is 2.04. The van der Waals surface area contributed by atoms with Crippen molar-refractivity contribution in [2.45, 2.75) is 39.7 Å². The number of benzene rings is 1. The number of halogens is 1. The maximum absolute atomic E-state index is 13.5. The average molecular weight is 385 g/mol. The van der Waals surface area contributed by atoms with E-state index in [9.17, 15) is 19.1 Å². The highest BCUT2D eigenvalue weighted by atomic mass is 19.1. The van der Waals surface area contributed by atoms with Crippen molar-refractivity contribution in [2.75, 3.05) is 0 Å². The average Bonchev–Trinajstić information content (AvgIpc) is 3.02. The van der Waals surface area contributed by atoms with Crippen LogP contribution < -0.4 is 5.32 Å². The summed E-state index contributed by atoms with van der Waals surface area (Å²) in [5.41, 5.74) is 2.12. The number of nitrogens with one attached hydrogen (secondary N) is 1. The van der Waals surface area contributed by atoms with Gasteiger partial charge in [-0.3, -0.25) is 4.79 Å². The van der Waals surface area contributed by atoms with E-state index < -0.39 is 23.7 Å². The van der Waals surface area contributed by atoms with E-state index in [2.05, 4.69) is 15.5 Å². The van der Waals surface area contributed by atoms with E-state index in [0.717, 1.165) is 0 Å². The van der Waals surface area contributed by atoms with Crippen molar-refractivity contribution in [1.29, 1.82) is 0 Å². The van der Waals surface area contributed by atoms with Crippen molar-refractivity contribution in [3.63, 3.8) is 0 Å². The summed E-state index contributed by atoms with van der Waals surface area (Å²) >= 11 is 0. The fourth-order valence-corrected chi connectivity index (χ4v) is 2.93. The highest BCUT2D eigenvalue weighted by Gasteiger charge is 2.26. The maximum Gasteiger partial charge on any atom is 0.330 e. The molecule has 0 spiro atoms. The molecule has 3 rings (SSSR count). The second-order valence-corrected chi connectivity index (χ2v) is 6.95. The fourth-order valence-electron chi connectivity index (χ4n) is 2.93. The quantitative estimate of drug-likeness (QED) is 0.694. The van der Waals surface area contributed by atoms with Crippen LogP contribution in [0.2, 0.25) is 0 Å². The second-order valence-electron chi connectivity index (χ2n) is 6.95. The van der Waals surface area contributed by atoms with Crippen molar-refractivity contribution in [3.05, 3.63) is 58.2 Å². The lowest BCUT2D eigenvalue weighted by Crippen LogP contribution is -2.34. The Morgan fingerprint density at radius 3 is 2.54 bits per heavy atom. The van der Waals surface area contributed by atoms with E-state index in [-0.39, 0.29) is 22.8 Å². The summed E-state index contributed by atoms with van der Waals surface area (Å²) in [5.74, 6) is -2.28. The third kappa shape index (κ3) is 3.58. The van der Waals surface area contributed by atoms with Crippen LogP contribution in [-0.4, -0.2) is 27.1 Å². The van der Waals surface area contributed by atoms with Gasteiger partial charge in [-0.05, 0) is 43.0 Å². The molecule has 3 aromatic rings. The number of carboxylic acids is 1. The van der Waals surface area contributed by atoms with Crippen molar-refractivity contribution in [2.24, 2.45) is 0 Å². The Bertz CT molecular complexity index is 1070. The molecule has 8 heteroatoms. The molecule has 0 saturated carbocycles. The lowest BCUT2D eigenvalue weighted by atomic mass is 10.0. The number of fused-ring (bicyclic) bond motifs is 1. The highest BCUT2D eigenvalue weighted by Crippen LogP contribution is 2.26. The van der Waals surface area contributed by atoms with Crippen LogP contribution in [-0.2, 0) is 4.79 Å². The predicted molar refractivity (Wildman–Crippen MR) is 99.6 cm³/mol. The molecule has 2 N–H and O–H groups in total. The molecule has 0 bridgehead atoms. The van der Waals surface area contributed by atoms with Gasteiger partial charge in [0.05, 0.1) is 16.6 Å². The lowest BCUT2D eigenvalue weighted by Gasteiger charge is -2.16. The summed E-state index contributed by atoms with van der Waals surface area (Å²) in [7, 11) is 0. The zero-order valence-corrected chi connectivity index (χ0v) is 15.9. The highest BCUT2D eigenvalue weighted by molar-refractivity contribution is 6.07. The SMILES string of the molecule is Cc1cc(C(NC(=O)c2cc(C(C)C)nc3onc(C)c23)C(=O)O)ccc1F. The molecule has 0 fully saturated rings. The first kappa shape index (κ1) is 19.5. The number of aromatic nitrogens is 2. The summed E-state index contributed by atoms with van der Waals surface area (Å²) in [5, 5.41) is 16.4. The van der Waals surface area contributed by atoms with Crippen LogP contribution in [0.25, 0.3) is 11.1 Å². The monoisotopic (exact) mass is 385 g/mol. The minimum atomic E-state index is -1.34. The number of hydrogen-bond acceptors (Lipinski definition) is 5. The van der Waals surface area contributed by atoms with Crippen LogP contribution in [0, 0.1) is 19.7 Å². The fraction of sp³-hybridized carbons (Fsp3) is 0.300. The van der Waals surface area contributed by atoms with Crippen molar-refractivity contribution in [1.82, 2.24) is 15.5 Å². The molecule has 0 aliphatic rings. The number of amides is 1. The Morgan fingerprint density at radius 1 is 1.21 bits per heavy atom. The molecular weight excluding hydrogens is 365 g/mol. The van der Waals surface area contributed by atoms with E-state index >= 15 is 0 Å². The van der Waals surface area contributed by atoms with Gasteiger partial charge >= 0.3 is 5.97 Å². The van der Waals surface area contributed by atoms with Crippen LogP contribution in [0.1, 0.15) is 58.7 Å². The first-order valence-corrected chi connectivity index (χ1v) is 8.75. The zero-order valence-electron chi connectivity index (χ0n) is 15.9. The Labute approximate surface area is 160 Å². The number of aryl methyl sites for hydroxylation is 2. The Hall–Kier alpha value is -3.29. The molecule has 146 valence electrons. The molecule has 1 atom stereocenters. The molecule has 0 aliphatic heterocycles. The summed E-state index contributed by atoms with van der Waals surface area (Å²) in [6.45, 7) is 7.04. The van der Waals surface area contributed by atoms with Crippen LogP contribution in [0.5, 0.6) is 0 Å². The summed E-state index contributed by atoms with van der Waals surface area (Å²) < 4.78 is 18.7. The molecule has 0 radical (unpaired) electrons. The largest absolute Gasteiger partial charge is 0.479 e. The number of aliphatic carboxylic acids is 1. The van der Waals surface area contributed by atoms with E-state index in [1.807, 2.05) is 13.8 Å². The van der Waals surface area contributed by atoms with Crippen LogP contribution in [0.15, 0.2) is 28.8 Å². The molecule has 0 saturated heterocycles. The van der Waals surface area contributed by atoms with E-state index in [1.165, 1.54) is 25.1 Å². The summed E-state index contributed by atoms with van der Waals surface area (Å²) in [6.07, 6.45) is 0. The van der Waals surface area contributed by atoms with Crippen molar-refractivity contribution < 1.29 is 23.6 Å². The molecule has 1 amide bonds. The minimum Gasteiger partial charge on any atom is -0.479 e. The molecule has 2 aromatic heterocycles. The molecular formula is C20H20FN3O4. The summed E-state index contributed by atoms with van der Waals surface area (Å²) in [6, 6.07) is 4.20. The number of hydrogen-bond donors (Lipinski definition) is 2. The van der Waals surface area contributed by atoms with Gasteiger partial charge in [0.15, 0.2) is 6.04 Å². The smallest absolute Gasteiger partial charge is 0.330 e. The number of nitrogens with zero attached hydrogens (tertiary/aromatic N) is 2. The molecule has 1 aromatic carbocycles. The molecule has 28 heavy (non-hydrogen) atoms. The Kier molecular flexibility index (Phi) is 5.13. The van der Waals surface area contributed by atoms with Crippen LogP contribution >= 0.6 is 0 Å². The molecule has 1 unspecified atom stereocenters. The first-order valence-electron chi connectivity index (χ1n) is 8.75. The van der Waals surface area contributed by atoms with Gasteiger partial charge in [0.25, 0.3) is 11.6 Å². The molecule has 2 heterocycles. The third-order valence-electron chi connectivity index (χ3n) is 4.51. The first-order chi connectivity index (χ1) is 13.2. The topological polar surface area (TPSA) is 105 Å². The predicted octanol–water partition coefficient (Wildman–Crippen LogP) is 3.66. The van der Waals surface area contributed by atoms with Gasteiger partial charge in [-0.2, -0.15) is 0 Å². The zero-order chi connectivity index (χ0) is 20.6. The van der Waals surface area contributed by atoms with Crippen LogP contribution in [0.3, 0.4) is 0 Å². The standard InChI is InChI=1S/C20H20FN3O4/c1-9(2)15-8-13(16-11(4)24-28-19(16)22-15)18(25)23-17(20(26)27)12-5-6-14(21)10(3)7-12/h5-9,17H,1-4H3,(H,23,25)(H,26,27). The normalized spacial score (nSPS) is 12.4. The third-order valence-corrected chi connectivity index (χ3v) is 4.51. The molecule has 0 aliphatic carbocycles. The van der Waals surface area contributed by atoms with Gasteiger partial charge in [0.1, 0.15) is 5.82 Å². The number of pyridine rings is 1. The van der Waals surface area contributed by atoms with E-state index in [4.69, 9.17) is 4.52 Å². The number of carboxylic acid groups (broad SMARTS) is 1. The van der Waals surface area contributed by atoms with Gasteiger partial charge in [-0.15, -0.1) is 0 Å². The van der Waals surface area contributed by atoms with E-state index in [1.54, 1.807) is 13.0 Å². The number of carbonyl (C=O) groups excluding carboxylic acids is 1. The molecule has 7 nitrogen and oxygen atoms in total. The van der Waals surface area contributed by atoms with Gasteiger partial charge in [0, 0.05) is 5.69 Å². The van der Waals surface area contributed by atoms with Gasteiger partial charge in [-0.25, -0.2) is 14.2 Å². The minimum absolute atomic E-state index is 0.0244. The lowest BCUT2D eigenvalue weighted by molar-refractivity contribution is -0.139. The van der Waals surface area contributed by atoms with Crippen LogP contribution in [0.4, 0.5) is 4.39 Å². The van der Waals surface area contributed by atoms with Gasteiger partial charge < -0.3 is 14.9 Å².